The van der Waals surface area contributed by atoms with Gasteiger partial charge >= 0.3 is 94.4 Å². The van der Waals surface area contributed by atoms with Gasteiger partial charge in [-0.1, -0.05) is 169 Å². The zero-order valence-corrected chi connectivity index (χ0v) is 28.2. The number of hydrogen-bond acceptors (Lipinski definition) is 2. The summed E-state index contributed by atoms with van der Waals surface area (Å²) in [6.45, 7) is 3.41. The van der Waals surface area contributed by atoms with Crippen molar-refractivity contribution in [1.82, 2.24) is 0 Å². The molecule has 0 aliphatic heterocycles. The third kappa shape index (κ3) is 14.9. The van der Waals surface area contributed by atoms with Gasteiger partial charge in [0.05, 0.1) is 0 Å². The summed E-state index contributed by atoms with van der Waals surface area (Å²) in [6.07, 6.45) is -9.67. The Morgan fingerprint density at radius 1 is 0.444 bits per heavy atom. The van der Waals surface area contributed by atoms with Gasteiger partial charge in [-0.05, 0) is 0 Å². The van der Waals surface area contributed by atoms with E-state index in [-0.39, 0.29) is 12.8 Å². The number of rotatable bonds is 10. The van der Waals surface area contributed by atoms with Gasteiger partial charge in [0, 0.05) is 0 Å². The van der Waals surface area contributed by atoms with Crippen molar-refractivity contribution >= 4 is 21.1 Å². The summed E-state index contributed by atoms with van der Waals surface area (Å²) in [5.41, 5.74) is 0.880. The zero-order chi connectivity index (χ0) is 33.4. The van der Waals surface area contributed by atoms with E-state index >= 15 is 0 Å². The van der Waals surface area contributed by atoms with Crippen LogP contribution in [0.25, 0.3) is 0 Å². The molecule has 2 nitrogen and oxygen atoms in total. The first kappa shape index (κ1) is 38.4. The van der Waals surface area contributed by atoms with Gasteiger partial charge in [0.1, 0.15) is 0 Å². The first-order valence-corrected chi connectivity index (χ1v) is 18.6. The van der Waals surface area contributed by atoms with Gasteiger partial charge in [-0.2, -0.15) is 0 Å². The van der Waals surface area contributed by atoms with E-state index in [1.807, 2.05) is 121 Å². The van der Waals surface area contributed by atoms with Crippen molar-refractivity contribution in [1.29, 1.82) is 0 Å². The summed E-state index contributed by atoms with van der Waals surface area (Å²) in [5.74, 6) is 0. The van der Waals surface area contributed by atoms with Crippen LogP contribution in [0.5, 0.6) is 0 Å². The molecule has 0 spiro atoms. The number of halogens is 6. The van der Waals surface area contributed by atoms with Gasteiger partial charge in [-0.15, -0.1) is 0 Å². The molecule has 0 aliphatic carbocycles. The normalized spacial score (nSPS) is 11.8. The summed E-state index contributed by atoms with van der Waals surface area (Å²) < 4.78 is 71.0. The van der Waals surface area contributed by atoms with Crippen LogP contribution >= 0.6 is 0 Å². The van der Waals surface area contributed by atoms with Crippen molar-refractivity contribution in [3.8, 4) is 0 Å². The Bertz CT molecular complexity index is 1140. The maximum absolute atomic E-state index is 12.5. The Kier molecular flexibility index (Phi) is 15.6. The molecule has 0 N–H and O–H groups in total. The Hall–Kier alpha value is -2.82. The standard InChI is InChI=1S/2C14H13O.2C4H6F3.Sn/c2*1-14(15,12-8-4-2-5-9-12)13-10-6-3-7-11-13;2*1-2-3-4(5,6)7;/h2*2-11H,1H3;2*1-3H2;/q2*-1;;;+2. The van der Waals surface area contributed by atoms with Crippen LogP contribution in [0.4, 0.5) is 26.3 Å². The maximum atomic E-state index is 12.5. The predicted octanol–water partition coefficient (Wildman–Crippen LogP) is 8.83. The third-order valence-electron chi connectivity index (χ3n) is 6.93. The summed E-state index contributed by atoms with van der Waals surface area (Å²) in [7, 11) is 0. The van der Waals surface area contributed by atoms with Gasteiger partial charge in [-0.25, -0.2) is 0 Å². The van der Waals surface area contributed by atoms with Crippen LogP contribution in [0.3, 0.4) is 0 Å². The molecule has 0 saturated heterocycles. The van der Waals surface area contributed by atoms with Crippen molar-refractivity contribution < 1.29 is 36.6 Å². The molecule has 9 heteroatoms. The van der Waals surface area contributed by atoms with Gasteiger partial charge in [-0.3, -0.25) is 0 Å². The molecule has 240 valence electrons. The molecule has 0 aliphatic rings. The first-order chi connectivity index (χ1) is 21.1. The molecule has 0 atom stereocenters. The summed E-state index contributed by atoms with van der Waals surface area (Å²) >= 11 is -0.987. The monoisotopic (exact) mass is 736 g/mol. The Labute approximate surface area is 272 Å². The first-order valence-electron chi connectivity index (χ1n) is 14.6. The second-order valence-corrected chi connectivity index (χ2v) is 15.0. The molecule has 0 radical (unpaired) electrons. The van der Waals surface area contributed by atoms with Crippen LogP contribution in [0.15, 0.2) is 121 Å². The van der Waals surface area contributed by atoms with Crippen LogP contribution in [-0.4, -0.2) is 33.5 Å². The Morgan fingerprint density at radius 2 is 0.667 bits per heavy atom. The van der Waals surface area contributed by atoms with Crippen LogP contribution < -0.4 is 10.2 Å². The fourth-order valence-corrected chi connectivity index (χ4v) is 7.46. The fourth-order valence-electron chi connectivity index (χ4n) is 4.31. The van der Waals surface area contributed by atoms with E-state index in [9.17, 15) is 36.6 Å². The quantitative estimate of drug-likeness (QED) is 0.0929. The molecular weight excluding hydrogens is 697 g/mol. The number of alkyl halides is 6. The topological polar surface area (TPSA) is 46.1 Å². The van der Waals surface area contributed by atoms with Gasteiger partial charge in [0.15, 0.2) is 0 Å². The average molecular weight is 735 g/mol. The molecule has 0 heterocycles. The molecule has 0 unspecified atom stereocenters. The summed E-state index contributed by atoms with van der Waals surface area (Å²) in [4.78, 5) is 0. The van der Waals surface area contributed by atoms with Crippen molar-refractivity contribution in [2.75, 3.05) is 0 Å². The number of hydrogen-bond donors (Lipinski definition) is 0. The second kappa shape index (κ2) is 18.4. The molecule has 45 heavy (non-hydrogen) atoms. The van der Waals surface area contributed by atoms with E-state index in [2.05, 4.69) is 0 Å². The van der Waals surface area contributed by atoms with E-state index < -0.39 is 57.5 Å². The Balaban J connectivity index is 0.000000235. The second-order valence-electron chi connectivity index (χ2n) is 10.7. The molecule has 0 saturated carbocycles. The van der Waals surface area contributed by atoms with Crippen molar-refractivity contribution in [3.05, 3.63) is 144 Å². The van der Waals surface area contributed by atoms with Crippen LogP contribution in [0, 0.1) is 0 Å². The average Bonchev–Trinajstić information content (AvgIpc) is 3.02. The zero-order valence-electron chi connectivity index (χ0n) is 25.4. The third-order valence-corrected chi connectivity index (χ3v) is 11.0. The predicted molar refractivity (Wildman–Crippen MR) is 165 cm³/mol. The van der Waals surface area contributed by atoms with E-state index in [0.717, 1.165) is 22.3 Å². The van der Waals surface area contributed by atoms with Crippen molar-refractivity contribution in [2.45, 2.75) is 72.0 Å². The Morgan fingerprint density at radius 3 is 0.867 bits per heavy atom. The van der Waals surface area contributed by atoms with E-state index in [1.165, 1.54) is 0 Å². The molecule has 0 aromatic heterocycles. The summed E-state index contributed by atoms with van der Waals surface area (Å²) in [5, 5.41) is 25.0. The molecular formula is C36H38F6O2Sn. The molecule has 0 bridgehead atoms. The molecule has 0 fully saturated rings. The molecule has 4 rings (SSSR count). The minimum absolute atomic E-state index is 0.0850. The minimum atomic E-state index is -4.12. The van der Waals surface area contributed by atoms with Gasteiger partial charge in [0.25, 0.3) is 0 Å². The molecule has 4 aromatic rings. The van der Waals surface area contributed by atoms with Gasteiger partial charge < -0.3 is 10.2 Å². The van der Waals surface area contributed by atoms with Crippen LogP contribution in [0.2, 0.25) is 8.87 Å². The molecule has 0 amide bonds. The van der Waals surface area contributed by atoms with Crippen molar-refractivity contribution in [3.63, 3.8) is 0 Å². The van der Waals surface area contributed by atoms with Crippen LogP contribution in [-0.2, 0) is 11.2 Å². The van der Waals surface area contributed by atoms with E-state index in [0.29, 0.717) is 8.87 Å². The van der Waals surface area contributed by atoms with Crippen LogP contribution in [0.1, 0.15) is 61.8 Å². The van der Waals surface area contributed by atoms with Gasteiger partial charge in [0.2, 0.25) is 0 Å². The number of benzene rings is 4. The fraction of sp³-hybridized carbons (Fsp3) is 0.333. The molecule has 4 aromatic carbocycles. The SMILES string of the molecule is CC([O-])(c1ccccc1)c1ccccc1.CC([O-])(c1ccccc1)c1ccccc1.FC(F)(F)CC[CH2][Sn+2][CH2]CCC(F)(F)F. The summed E-state index contributed by atoms with van der Waals surface area (Å²) in [6, 6.07) is 37.9. The van der Waals surface area contributed by atoms with E-state index in [4.69, 9.17) is 0 Å². The van der Waals surface area contributed by atoms with Crippen molar-refractivity contribution in [2.24, 2.45) is 0 Å². The van der Waals surface area contributed by atoms with E-state index in [1.54, 1.807) is 13.8 Å².